The third kappa shape index (κ3) is 6.47. The van der Waals surface area contributed by atoms with E-state index in [1.54, 1.807) is 0 Å². The molecule has 4 aliphatic rings. The van der Waals surface area contributed by atoms with Gasteiger partial charge in [-0.15, -0.1) is 0 Å². The zero-order chi connectivity index (χ0) is 23.2. The summed E-state index contributed by atoms with van der Waals surface area (Å²) < 4.78 is 0. The van der Waals surface area contributed by atoms with Gasteiger partial charge in [-0.05, 0) is 87.4 Å². The predicted octanol–water partition coefficient (Wildman–Crippen LogP) is 3.27. The Morgan fingerprint density at radius 2 is 1.09 bits per heavy atom. The van der Waals surface area contributed by atoms with Gasteiger partial charge in [-0.2, -0.15) is 0 Å². The first kappa shape index (κ1) is 25.5. The Hall–Kier alpha value is -1.14. The van der Waals surface area contributed by atoms with Gasteiger partial charge in [0.05, 0.1) is 0 Å². The van der Waals surface area contributed by atoms with E-state index in [1.165, 1.54) is 32.1 Å². The zero-order valence-corrected chi connectivity index (χ0v) is 21.2. The maximum absolute atomic E-state index is 12.9. The average Bonchev–Trinajstić information content (AvgIpc) is 2.72. The van der Waals surface area contributed by atoms with Crippen molar-refractivity contribution in [3.8, 4) is 0 Å². The molecule has 0 aliphatic heterocycles. The first-order chi connectivity index (χ1) is 15.3. The molecule has 4 bridgehead atoms. The van der Waals surface area contributed by atoms with Gasteiger partial charge in [0.2, 0.25) is 11.8 Å². The lowest BCUT2D eigenvalue weighted by atomic mass is 9.43. The number of amides is 2. The van der Waals surface area contributed by atoms with Crippen molar-refractivity contribution in [2.24, 2.45) is 22.7 Å². The molecule has 0 heterocycles. The van der Waals surface area contributed by atoms with Crippen LogP contribution in [0.5, 0.6) is 0 Å². The van der Waals surface area contributed by atoms with E-state index in [-0.39, 0.29) is 22.6 Å². The molecule has 0 unspecified atom stereocenters. The normalized spacial score (nSPS) is 30.8. The molecule has 0 radical (unpaired) electrons. The molecule has 0 atom stereocenters. The molecule has 6 nitrogen and oxygen atoms in total. The van der Waals surface area contributed by atoms with Crippen LogP contribution in [0.2, 0.25) is 0 Å². The minimum Gasteiger partial charge on any atom is -0.355 e. The number of rotatable bonds is 14. The Labute approximate surface area is 196 Å². The van der Waals surface area contributed by atoms with E-state index in [0.717, 1.165) is 58.8 Å². The number of nitrogens with one attached hydrogen (secondary N) is 2. The highest BCUT2D eigenvalue weighted by atomic mass is 16.2. The molecular weight excluding hydrogens is 400 g/mol. The number of hydrogen-bond donors (Lipinski definition) is 2. The first-order valence-electron chi connectivity index (χ1n) is 13.3. The zero-order valence-electron chi connectivity index (χ0n) is 21.2. The van der Waals surface area contributed by atoms with Crippen molar-refractivity contribution < 1.29 is 9.59 Å². The minimum atomic E-state index is 0.130. The van der Waals surface area contributed by atoms with Gasteiger partial charge < -0.3 is 20.4 Å². The summed E-state index contributed by atoms with van der Waals surface area (Å²) in [4.78, 5) is 30.4. The lowest BCUT2D eigenvalue weighted by Gasteiger charge is -2.62. The monoisotopic (exact) mass is 448 g/mol. The van der Waals surface area contributed by atoms with E-state index in [4.69, 9.17) is 0 Å². The Morgan fingerprint density at radius 3 is 1.44 bits per heavy atom. The minimum absolute atomic E-state index is 0.130. The van der Waals surface area contributed by atoms with Gasteiger partial charge in [0.15, 0.2) is 0 Å². The molecular formula is C26H48N4O2. The van der Waals surface area contributed by atoms with E-state index in [0.29, 0.717) is 24.7 Å². The molecule has 2 N–H and O–H groups in total. The number of hydrogen-bond acceptors (Lipinski definition) is 4. The number of carbonyl (C=O) groups excluding carboxylic acids is 2. The van der Waals surface area contributed by atoms with Gasteiger partial charge >= 0.3 is 0 Å². The Morgan fingerprint density at radius 1 is 0.719 bits per heavy atom. The SMILES string of the molecule is CCN(CC)CCNC(=O)CC12CC3CC(C1)CC(CC(=O)NCCN(CC)CC)(C3)C2. The highest BCUT2D eigenvalue weighted by Crippen LogP contribution is 2.67. The quantitative estimate of drug-likeness (QED) is 0.428. The third-order valence-corrected chi connectivity index (χ3v) is 8.66. The van der Waals surface area contributed by atoms with E-state index in [2.05, 4.69) is 48.1 Å². The summed E-state index contributed by atoms with van der Waals surface area (Å²) in [6, 6.07) is 0. The Balaban J connectivity index is 1.52. The fraction of sp³-hybridized carbons (Fsp3) is 0.923. The molecule has 0 aromatic rings. The van der Waals surface area contributed by atoms with Gasteiger partial charge in [-0.3, -0.25) is 9.59 Å². The lowest BCUT2D eigenvalue weighted by Crippen LogP contribution is -2.54. The molecule has 2 amide bonds. The standard InChI is InChI=1S/C26H48N4O2/c1-5-29(6-2)11-9-27-23(31)18-25-14-21-13-22(15-25)17-26(16-21,20-25)19-24(32)28-10-12-30(7-3)8-4/h21-22H,5-20H2,1-4H3,(H,27,31)(H,28,32). The maximum Gasteiger partial charge on any atom is 0.220 e. The number of carbonyl (C=O) groups is 2. The van der Waals surface area contributed by atoms with Crippen molar-refractivity contribution in [2.75, 3.05) is 52.4 Å². The van der Waals surface area contributed by atoms with Crippen molar-refractivity contribution in [3.63, 3.8) is 0 Å². The summed E-state index contributed by atoms with van der Waals surface area (Å²) in [5.74, 6) is 1.86. The van der Waals surface area contributed by atoms with E-state index < -0.39 is 0 Å². The van der Waals surface area contributed by atoms with Crippen LogP contribution in [0.4, 0.5) is 0 Å². The molecule has 0 aromatic heterocycles. The topological polar surface area (TPSA) is 64.7 Å². The molecule has 0 saturated heterocycles. The van der Waals surface area contributed by atoms with E-state index in [9.17, 15) is 9.59 Å². The van der Waals surface area contributed by atoms with Crippen molar-refractivity contribution >= 4 is 11.8 Å². The molecule has 0 aromatic carbocycles. The van der Waals surface area contributed by atoms with Crippen LogP contribution in [0, 0.1) is 22.7 Å². The van der Waals surface area contributed by atoms with Crippen molar-refractivity contribution in [3.05, 3.63) is 0 Å². The van der Waals surface area contributed by atoms with Crippen molar-refractivity contribution in [1.82, 2.24) is 20.4 Å². The Kier molecular flexibility index (Phi) is 9.02. The molecule has 0 spiro atoms. The average molecular weight is 449 g/mol. The van der Waals surface area contributed by atoms with Crippen molar-refractivity contribution in [1.29, 1.82) is 0 Å². The predicted molar refractivity (Wildman–Crippen MR) is 130 cm³/mol. The van der Waals surface area contributed by atoms with Crippen LogP contribution < -0.4 is 10.6 Å². The third-order valence-electron chi connectivity index (χ3n) is 8.66. The summed E-state index contributed by atoms with van der Waals surface area (Å²) in [6.07, 6.45) is 8.47. The second kappa shape index (κ2) is 11.3. The summed E-state index contributed by atoms with van der Waals surface area (Å²) in [6.45, 7) is 16.1. The lowest BCUT2D eigenvalue weighted by molar-refractivity contribution is -0.146. The van der Waals surface area contributed by atoms with Crippen LogP contribution in [0.25, 0.3) is 0 Å². The molecule has 6 heteroatoms. The van der Waals surface area contributed by atoms with Gasteiger partial charge in [-0.1, -0.05) is 27.7 Å². The van der Waals surface area contributed by atoms with Gasteiger partial charge in [0, 0.05) is 39.0 Å². The van der Waals surface area contributed by atoms with Crippen LogP contribution in [-0.4, -0.2) is 74.0 Å². The highest BCUT2D eigenvalue weighted by molar-refractivity contribution is 5.78. The molecule has 4 fully saturated rings. The van der Waals surface area contributed by atoms with E-state index in [1.807, 2.05) is 0 Å². The summed E-state index contributed by atoms with van der Waals surface area (Å²) in [7, 11) is 0. The summed E-state index contributed by atoms with van der Waals surface area (Å²) in [5.41, 5.74) is 0.260. The first-order valence-corrected chi connectivity index (χ1v) is 13.3. The van der Waals surface area contributed by atoms with Crippen LogP contribution in [0.3, 0.4) is 0 Å². The Bertz CT molecular complexity index is 565. The fourth-order valence-electron chi connectivity index (χ4n) is 7.66. The summed E-state index contributed by atoms with van der Waals surface area (Å²) >= 11 is 0. The molecule has 4 rings (SSSR count). The largest absolute Gasteiger partial charge is 0.355 e. The van der Waals surface area contributed by atoms with Crippen LogP contribution >= 0.6 is 0 Å². The van der Waals surface area contributed by atoms with Crippen LogP contribution in [0.15, 0.2) is 0 Å². The molecule has 4 aliphatic carbocycles. The molecule has 4 saturated carbocycles. The molecule has 184 valence electrons. The summed E-state index contributed by atoms with van der Waals surface area (Å²) in [5, 5.41) is 6.39. The smallest absolute Gasteiger partial charge is 0.220 e. The second-order valence-electron chi connectivity index (χ2n) is 11.1. The van der Waals surface area contributed by atoms with Gasteiger partial charge in [0.25, 0.3) is 0 Å². The second-order valence-corrected chi connectivity index (χ2v) is 11.1. The van der Waals surface area contributed by atoms with Crippen molar-refractivity contribution in [2.45, 2.75) is 79.1 Å². The molecule has 32 heavy (non-hydrogen) atoms. The fourth-order valence-corrected chi connectivity index (χ4v) is 7.66. The highest BCUT2D eigenvalue weighted by Gasteiger charge is 2.58. The maximum atomic E-state index is 12.9. The van der Waals surface area contributed by atoms with Gasteiger partial charge in [0.1, 0.15) is 0 Å². The van der Waals surface area contributed by atoms with Gasteiger partial charge in [-0.25, -0.2) is 0 Å². The number of nitrogens with zero attached hydrogens (tertiary/aromatic N) is 2. The van der Waals surface area contributed by atoms with Crippen LogP contribution in [0.1, 0.15) is 79.1 Å². The number of likely N-dealkylation sites (N-methyl/N-ethyl adjacent to an activating group) is 2. The van der Waals surface area contributed by atoms with Crippen LogP contribution in [-0.2, 0) is 9.59 Å². The van der Waals surface area contributed by atoms with E-state index >= 15 is 0 Å².